The first-order chi connectivity index (χ1) is 19.5. The van der Waals surface area contributed by atoms with E-state index in [1.165, 1.54) is 103 Å². The molecule has 6 heteroatoms. The van der Waals surface area contributed by atoms with E-state index in [4.69, 9.17) is 9.84 Å². The van der Waals surface area contributed by atoms with E-state index < -0.39 is 11.9 Å². The molecule has 0 aromatic heterocycles. The number of hydrogen-bond donors (Lipinski definition) is 2. The van der Waals surface area contributed by atoms with E-state index in [1.54, 1.807) is 12.1 Å². The van der Waals surface area contributed by atoms with Gasteiger partial charge in [-0.25, -0.2) is 4.79 Å². The van der Waals surface area contributed by atoms with E-state index in [0.717, 1.165) is 38.2 Å². The predicted molar refractivity (Wildman–Crippen MR) is 161 cm³/mol. The molecule has 226 valence electrons. The zero-order valence-corrected chi connectivity index (χ0v) is 24.9. The van der Waals surface area contributed by atoms with Gasteiger partial charge >= 0.3 is 11.9 Å². The van der Waals surface area contributed by atoms with Gasteiger partial charge in [0.05, 0.1) is 11.7 Å². The van der Waals surface area contributed by atoms with Gasteiger partial charge in [-0.1, -0.05) is 89.2 Å². The van der Waals surface area contributed by atoms with Gasteiger partial charge in [0.1, 0.15) is 0 Å². The van der Waals surface area contributed by atoms with Gasteiger partial charge in [-0.15, -0.1) is 0 Å². The van der Waals surface area contributed by atoms with Crippen molar-refractivity contribution in [2.75, 3.05) is 19.7 Å². The second kappa shape index (κ2) is 19.2. The van der Waals surface area contributed by atoms with Crippen LogP contribution in [0, 0.1) is 11.8 Å². The first-order valence-corrected chi connectivity index (χ1v) is 16.4. The van der Waals surface area contributed by atoms with Gasteiger partial charge in [-0.3, -0.25) is 9.69 Å². The summed E-state index contributed by atoms with van der Waals surface area (Å²) < 4.78 is 6.94. The third kappa shape index (κ3) is 13.2. The third-order valence-corrected chi connectivity index (χ3v) is 9.11. The summed E-state index contributed by atoms with van der Waals surface area (Å²) in [4.78, 5) is 24.9. The molecule has 1 atom stereocenters. The van der Waals surface area contributed by atoms with Crippen LogP contribution in [-0.2, 0) is 16.1 Å². The average molecular weight is 558 g/mol. The van der Waals surface area contributed by atoms with E-state index in [-0.39, 0.29) is 12.5 Å². The lowest BCUT2D eigenvalue weighted by atomic mass is 9.86. The molecule has 0 spiro atoms. The normalized spacial score (nSPS) is 19.5. The van der Waals surface area contributed by atoms with Gasteiger partial charge in [-0.2, -0.15) is 0 Å². The molecule has 3 rings (SSSR count). The van der Waals surface area contributed by atoms with Crippen LogP contribution in [0.4, 0.5) is 0 Å². The van der Waals surface area contributed by atoms with Crippen molar-refractivity contribution in [2.24, 2.45) is 11.8 Å². The highest BCUT2D eigenvalue weighted by Crippen LogP contribution is 2.29. The number of unbranched alkanes of at least 4 members (excludes halogenated alkanes) is 1. The van der Waals surface area contributed by atoms with Crippen molar-refractivity contribution in [2.45, 2.75) is 135 Å². The molecule has 1 aromatic carbocycles. The van der Waals surface area contributed by atoms with Crippen LogP contribution in [0.5, 0.6) is 0 Å². The van der Waals surface area contributed by atoms with Crippen LogP contribution in [0.2, 0.25) is 0 Å². The number of aliphatic carboxylic acids is 1. The van der Waals surface area contributed by atoms with Crippen LogP contribution >= 0.6 is 0 Å². The summed E-state index contributed by atoms with van der Waals surface area (Å²) in [7, 11) is 0. The summed E-state index contributed by atoms with van der Waals surface area (Å²) in [5, 5.41) is 18.4. The summed E-state index contributed by atoms with van der Waals surface area (Å²) in [6.07, 6.45) is 23.0. The maximum absolute atomic E-state index is 11.3. The van der Waals surface area contributed by atoms with Gasteiger partial charge in [0, 0.05) is 26.1 Å². The Labute approximate surface area is 242 Å². The van der Waals surface area contributed by atoms with Gasteiger partial charge in [-0.05, 0) is 74.6 Å². The summed E-state index contributed by atoms with van der Waals surface area (Å²) in [6, 6.07) is 7.20. The molecule has 2 aliphatic rings. The van der Waals surface area contributed by atoms with Crippen molar-refractivity contribution in [3.05, 3.63) is 35.4 Å². The molecule has 2 N–H and O–H groups in total. The largest absolute Gasteiger partial charge is 0.481 e. The van der Waals surface area contributed by atoms with Crippen molar-refractivity contribution in [3.63, 3.8) is 0 Å². The lowest BCUT2D eigenvalue weighted by Crippen LogP contribution is -2.40. The zero-order chi connectivity index (χ0) is 28.4. The molecular weight excluding hydrogens is 502 g/mol. The SMILES string of the molecule is O=C(O)CCCCN(Cc1ccc(C(=O)O)cc1)CC(OCC1CCCCCCCCC1)C1CCCCCCC1. The first kappa shape index (κ1) is 32.6. The molecule has 0 heterocycles. The number of aromatic carboxylic acids is 1. The monoisotopic (exact) mass is 557 g/mol. The van der Waals surface area contributed by atoms with Crippen LogP contribution < -0.4 is 0 Å². The maximum Gasteiger partial charge on any atom is 0.335 e. The fourth-order valence-corrected chi connectivity index (χ4v) is 6.63. The summed E-state index contributed by atoms with van der Waals surface area (Å²) in [6.45, 7) is 3.26. The Morgan fingerprint density at radius 1 is 0.775 bits per heavy atom. The molecule has 0 amide bonds. The average Bonchev–Trinajstić information content (AvgIpc) is 2.92. The zero-order valence-electron chi connectivity index (χ0n) is 24.9. The second-order valence-corrected chi connectivity index (χ2v) is 12.5. The van der Waals surface area contributed by atoms with Crippen molar-refractivity contribution < 1.29 is 24.5 Å². The Morgan fingerprint density at radius 2 is 1.32 bits per heavy atom. The van der Waals surface area contributed by atoms with E-state index in [1.807, 2.05) is 12.1 Å². The molecule has 40 heavy (non-hydrogen) atoms. The Bertz CT molecular complexity index is 823. The maximum atomic E-state index is 11.3. The molecule has 0 saturated heterocycles. The highest BCUT2D eigenvalue weighted by molar-refractivity contribution is 5.87. The number of nitrogens with zero attached hydrogens (tertiary/aromatic N) is 1. The van der Waals surface area contributed by atoms with Gasteiger partial charge < -0.3 is 14.9 Å². The lowest BCUT2D eigenvalue weighted by molar-refractivity contribution is -0.137. The minimum absolute atomic E-state index is 0.186. The van der Waals surface area contributed by atoms with Crippen LogP contribution in [0.15, 0.2) is 24.3 Å². The Morgan fingerprint density at radius 3 is 1.88 bits per heavy atom. The molecule has 0 aliphatic heterocycles. The molecule has 2 aliphatic carbocycles. The van der Waals surface area contributed by atoms with E-state index >= 15 is 0 Å². The minimum atomic E-state index is -0.907. The molecular formula is C34H55NO5. The number of ether oxygens (including phenoxy) is 1. The number of benzene rings is 1. The molecule has 6 nitrogen and oxygen atoms in total. The highest BCUT2D eigenvalue weighted by Gasteiger charge is 2.26. The lowest BCUT2D eigenvalue weighted by Gasteiger charge is -2.35. The van der Waals surface area contributed by atoms with Crippen molar-refractivity contribution in [1.82, 2.24) is 4.90 Å². The van der Waals surface area contributed by atoms with Crippen molar-refractivity contribution >= 4 is 11.9 Å². The van der Waals surface area contributed by atoms with Crippen LogP contribution in [-0.4, -0.2) is 52.9 Å². The molecule has 0 radical (unpaired) electrons. The standard InChI is InChI=1S/C34H55NO5/c36-33(37)19-13-14-24-35(25-28-20-22-31(23-21-28)34(38)39)26-32(30-17-11-7-4-8-12-18-30)40-27-29-15-9-5-2-1-3-6-10-16-29/h20-23,29-30,32H,1-19,24-27H2,(H,36,37)(H,38,39). The van der Waals surface area contributed by atoms with Crippen LogP contribution in [0.25, 0.3) is 0 Å². The quantitative estimate of drug-likeness (QED) is 0.224. The van der Waals surface area contributed by atoms with Gasteiger partial charge in [0.25, 0.3) is 0 Å². The number of rotatable bonds is 14. The van der Waals surface area contributed by atoms with E-state index in [9.17, 15) is 14.7 Å². The Kier molecular flexibility index (Phi) is 15.7. The topological polar surface area (TPSA) is 87.1 Å². The second-order valence-electron chi connectivity index (χ2n) is 12.5. The summed E-state index contributed by atoms with van der Waals surface area (Å²) in [5.74, 6) is -0.426. The fraction of sp³-hybridized carbons (Fsp3) is 0.765. The Balaban J connectivity index is 1.70. The smallest absolute Gasteiger partial charge is 0.335 e. The van der Waals surface area contributed by atoms with Crippen molar-refractivity contribution in [3.8, 4) is 0 Å². The summed E-state index contributed by atoms with van der Waals surface area (Å²) in [5.41, 5.74) is 1.39. The number of carbonyl (C=O) groups is 2. The minimum Gasteiger partial charge on any atom is -0.481 e. The molecule has 2 saturated carbocycles. The van der Waals surface area contributed by atoms with Gasteiger partial charge in [0.2, 0.25) is 0 Å². The number of carboxylic acid groups (broad SMARTS) is 2. The van der Waals surface area contributed by atoms with Crippen LogP contribution in [0.3, 0.4) is 0 Å². The Hall–Kier alpha value is -1.92. The first-order valence-electron chi connectivity index (χ1n) is 16.4. The van der Waals surface area contributed by atoms with Crippen molar-refractivity contribution in [1.29, 1.82) is 0 Å². The number of hydrogen-bond acceptors (Lipinski definition) is 4. The molecule has 0 bridgehead atoms. The van der Waals surface area contributed by atoms with E-state index in [2.05, 4.69) is 4.90 Å². The van der Waals surface area contributed by atoms with E-state index in [0.29, 0.717) is 23.8 Å². The number of carboxylic acids is 2. The molecule has 1 aromatic rings. The molecule has 2 fully saturated rings. The molecule has 1 unspecified atom stereocenters. The van der Waals surface area contributed by atoms with Gasteiger partial charge in [0.15, 0.2) is 0 Å². The summed E-state index contributed by atoms with van der Waals surface area (Å²) >= 11 is 0. The fourth-order valence-electron chi connectivity index (χ4n) is 6.63. The highest BCUT2D eigenvalue weighted by atomic mass is 16.5. The van der Waals surface area contributed by atoms with Crippen LogP contribution in [0.1, 0.15) is 138 Å². The third-order valence-electron chi connectivity index (χ3n) is 9.11. The predicted octanol–water partition coefficient (Wildman–Crippen LogP) is 8.33.